The van der Waals surface area contributed by atoms with Crippen LogP contribution in [-0.4, -0.2) is 29.7 Å². The summed E-state index contributed by atoms with van der Waals surface area (Å²) < 4.78 is 0. The number of carbonyl (C=O) groups is 2. The molecule has 0 saturated heterocycles. The van der Waals surface area contributed by atoms with E-state index in [1.54, 1.807) is 16.7 Å². The number of nitrogens with one attached hydrogen (secondary N) is 1. The van der Waals surface area contributed by atoms with E-state index >= 15 is 0 Å². The highest BCUT2D eigenvalue weighted by Crippen LogP contribution is 2.36. The zero-order valence-corrected chi connectivity index (χ0v) is 15.5. The van der Waals surface area contributed by atoms with Gasteiger partial charge in [0.2, 0.25) is 0 Å². The summed E-state index contributed by atoms with van der Waals surface area (Å²) in [5.74, 6) is 0.688. The lowest BCUT2D eigenvalue weighted by Crippen LogP contribution is -2.41. The maximum absolute atomic E-state index is 12.9. The van der Waals surface area contributed by atoms with Gasteiger partial charge in [-0.05, 0) is 51.1 Å². The third-order valence-corrected chi connectivity index (χ3v) is 4.88. The molecule has 0 atom stereocenters. The molecule has 0 radical (unpaired) electrons. The van der Waals surface area contributed by atoms with Crippen LogP contribution < -0.4 is 10.2 Å². The average molecular weight is 354 g/mol. The van der Waals surface area contributed by atoms with Gasteiger partial charge in [0.1, 0.15) is 0 Å². The SMILES string of the molecule is CC(C)(C)NC(=O)c1ccc2c(c1)N(C(=O)c1ccccc1)CCS2. The second-order valence-electron chi connectivity index (χ2n) is 7.06. The summed E-state index contributed by atoms with van der Waals surface area (Å²) >= 11 is 1.71. The molecule has 1 N–H and O–H groups in total. The lowest BCUT2D eigenvalue weighted by Gasteiger charge is -2.30. The van der Waals surface area contributed by atoms with Crippen LogP contribution in [0, 0.1) is 0 Å². The highest BCUT2D eigenvalue weighted by molar-refractivity contribution is 7.99. The van der Waals surface area contributed by atoms with E-state index < -0.39 is 0 Å². The minimum atomic E-state index is -0.304. The fourth-order valence-electron chi connectivity index (χ4n) is 2.72. The van der Waals surface area contributed by atoms with Gasteiger partial charge in [-0.25, -0.2) is 0 Å². The predicted molar refractivity (Wildman–Crippen MR) is 103 cm³/mol. The van der Waals surface area contributed by atoms with Crippen LogP contribution in [0.4, 0.5) is 5.69 Å². The van der Waals surface area contributed by atoms with Crippen LogP contribution in [0.25, 0.3) is 0 Å². The number of anilines is 1. The Bertz CT molecular complexity index is 797. The fourth-order valence-corrected chi connectivity index (χ4v) is 3.69. The highest BCUT2D eigenvalue weighted by atomic mass is 32.2. The Kier molecular flexibility index (Phi) is 4.86. The van der Waals surface area contributed by atoms with Crippen molar-refractivity contribution in [1.82, 2.24) is 5.32 Å². The Morgan fingerprint density at radius 2 is 1.76 bits per heavy atom. The van der Waals surface area contributed by atoms with Crippen LogP contribution in [-0.2, 0) is 0 Å². The molecular formula is C20H22N2O2S. The molecule has 0 fully saturated rings. The first kappa shape index (κ1) is 17.5. The highest BCUT2D eigenvalue weighted by Gasteiger charge is 2.25. The Morgan fingerprint density at radius 1 is 1.04 bits per heavy atom. The second kappa shape index (κ2) is 6.92. The standard InChI is InChI=1S/C20H22N2O2S/c1-20(2,3)21-18(23)15-9-10-17-16(13-15)22(11-12-25-17)19(24)14-7-5-4-6-8-14/h4-10,13H,11-12H2,1-3H3,(H,21,23). The first-order chi connectivity index (χ1) is 11.8. The van der Waals surface area contributed by atoms with Crippen molar-refractivity contribution in [3.8, 4) is 0 Å². The van der Waals surface area contributed by atoms with Crippen molar-refractivity contribution in [2.45, 2.75) is 31.2 Å². The zero-order valence-electron chi connectivity index (χ0n) is 14.7. The van der Waals surface area contributed by atoms with Crippen LogP contribution in [0.15, 0.2) is 53.4 Å². The Balaban J connectivity index is 1.93. The molecule has 0 unspecified atom stereocenters. The number of fused-ring (bicyclic) bond motifs is 1. The van der Waals surface area contributed by atoms with E-state index in [0.29, 0.717) is 17.7 Å². The van der Waals surface area contributed by atoms with Gasteiger partial charge in [0.25, 0.3) is 11.8 Å². The largest absolute Gasteiger partial charge is 0.347 e. The van der Waals surface area contributed by atoms with Crippen LogP contribution in [0.1, 0.15) is 41.5 Å². The number of nitrogens with zero attached hydrogens (tertiary/aromatic N) is 1. The van der Waals surface area contributed by atoms with Gasteiger partial charge in [-0.3, -0.25) is 9.59 Å². The fraction of sp³-hybridized carbons (Fsp3) is 0.300. The summed E-state index contributed by atoms with van der Waals surface area (Å²) in [6.07, 6.45) is 0. The Labute approximate surface area is 152 Å². The first-order valence-electron chi connectivity index (χ1n) is 8.31. The number of carbonyl (C=O) groups excluding carboxylic acids is 2. The molecule has 130 valence electrons. The van der Waals surface area contributed by atoms with Gasteiger partial charge < -0.3 is 10.2 Å². The summed E-state index contributed by atoms with van der Waals surface area (Å²) in [4.78, 5) is 28.2. The number of hydrogen-bond acceptors (Lipinski definition) is 3. The third-order valence-electron chi connectivity index (χ3n) is 3.84. The molecule has 2 aromatic rings. The second-order valence-corrected chi connectivity index (χ2v) is 8.19. The molecule has 1 aliphatic rings. The van der Waals surface area contributed by atoms with Crippen molar-refractivity contribution >= 4 is 29.3 Å². The van der Waals surface area contributed by atoms with E-state index in [4.69, 9.17) is 0 Å². The predicted octanol–water partition coefficient (Wildman–Crippen LogP) is 3.97. The summed E-state index contributed by atoms with van der Waals surface area (Å²) in [6.45, 7) is 6.48. The van der Waals surface area contributed by atoms with Crippen LogP contribution in [0.5, 0.6) is 0 Å². The monoisotopic (exact) mass is 354 g/mol. The molecule has 1 aliphatic heterocycles. The van der Waals surface area contributed by atoms with Gasteiger partial charge in [0.05, 0.1) is 5.69 Å². The number of hydrogen-bond donors (Lipinski definition) is 1. The summed E-state index contributed by atoms with van der Waals surface area (Å²) in [7, 11) is 0. The molecule has 2 amide bonds. The normalized spacial score (nSPS) is 14.0. The Hall–Kier alpha value is -2.27. The van der Waals surface area contributed by atoms with E-state index in [9.17, 15) is 9.59 Å². The van der Waals surface area contributed by atoms with Gasteiger partial charge in [0, 0.05) is 33.9 Å². The van der Waals surface area contributed by atoms with E-state index in [0.717, 1.165) is 16.3 Å². The summed E-state index contributed by atoms with van der Waals surface area (Å²) in [5.41, 5.74) is 1.74. The van der Waals surface area contributed by atoms with Crippen molar-refractivity contribution in [3.05, 3.63) is 59.7 Å². The number of rotatable bonds is 2. The Morgan fingerprint density at radius 3 is 2.44 bits per heavy atom. The molecule has 0 aromatic heterocycles. The third kappa shape index (κ3) is 4.04. The molecule has 25 heavy (non-hydrogen) atoms. The van der Waals surface area contributed by atoms with Gasteiger partial charge >= 0.3 is 0 Å². The van der Waals surface area contributed by atoms with E-state index in [-0.39, 0.29) is 17.4 Å². The lowest BCUT2D eigenvalue weighted by atomic mass is 10.1. The van der Waals surface area contributed by atoms with Gasteiger partial charge in [-0.15, -0.1) is 11.8 Å². The number of amides is 2. The molecule has 1 heterocycles. The minimum Gasteiger partial charge on any atom is -0.347 e. The molecular weight excluding hydrogens is 332 g/mol. The average Bonchev–Trinajstić information content (AvgIpc) is 2.59. The molecule has 0 bridgehead atoms. The van der Waals surface area contributed by atoms with Crippen LogP contribution >= 0.6 is 11.8 Å². The number of benzene rings is 2. The van der Waals surface area contributed by atoms with Crippen molar-refractivity contribution in [1.29, 1.82) is 0 Å². The summed E-state index contributed by atoms with van der Waals surface area (Å²) in [5, 5.41) is 2.97. The topological polar surface area (TPSA) is 49.4 Å². The van der Waals surface area contributed by atoms with Gasteiger partial charge in [-0.2, -0.15) is 0 Å². The van der Waals surface area contributed by atoms with Gasteiger partial charge in [0.15, 0.2) is 0 Å². The molecule has 5 heteroatoms. The quantitative estimate of drug-likeness (QED) is 0.888. The van der Waals surface area contributed by atoms with Crippen molar-refractivity contribution in [2.24, 2.45) is 0 Å². The molecule has 2 aromatic carbocycles. The van der Waals surface area contributed by atoms with Crippen molar-refractivity contribution in [2.75, 3.05) is 17.2 Å². The van der Waals surface area contributed by atoms with E-state index in [1.165, 1.54) is 0 Å². The summed E-state index contributed by atoms with van der Waals surface area (Å²) in [6, 6.07) is 14.8. The first-order valence-corrected chi connectivity index (χ1v) is 9.30. The van der Waals surface area contributed by atoms with Crippen molar-refractivity contribution < 1.29 is 9.59 Å². The zero-order chi connectivity index (χ0) is 18.0. The lowest BCUT2D eigenvalue weighted by molar-refractivity contribution is 0.0917. The maximum Gasteiger partial charge on any atom is 0.258 e. The molecule has 0 spiro atoms. The maximum atomic E-state index is 12.9. The van der Waals surface area contributed by atoms with Gasteiger partial charge in [-0.1, -0.05) is 18.2 Å². The van der Waals surface area contributed by atoms with E-state index in [1.807, 2.05) is 69.3 Å². The molecule has 4 nitrogen and oxygen atoms in total. The van der Waals surface area contributed by atoms with Crippen molar-refractivity contribution in [3.63, 3.8) is 0 Å². The molecule has 0 saturated carbocycles. The van der Waals surface area contributed by atoms with Crippen LogP contribution in [0.3, 0.4) is 0 Å². The number of thioether (sulfide) groups is 1. The van der Waals surface area contributed by atoms with Crippen LogP contribution in [0.2, 0.25) is 0 Å². The molecule has 0 aliphatic carbocycles. The minimum absolute atomic E-state index is 0.0319. The van der Waals surface area contributed by atoms with E-state index in [2.05, 4.69) is 5.32 Å². The smallest absolute Gasteiger partial charge is 0.258 e. The molecule has 3 rings (SSSR count).